The molecule has 0 aliphatic carbocycles. The van der Waals surface area contributed by atoms with Gasteiger partial charge in [0.05, 0.1) is 23.3 Å². The van der Waals surface area contributed by atoms with E-state index in [0.717, 1.165) is 71.6 Å². The minimum atomic E-state index is -4.55. The third-order valence-corrected chi connectivity index (χ3v) is 17.7. The minimum absolute atomic E-state index is 0.0834. The zero-order valence-electron chi connectivity index (χ0n) is 50.7. The van der Waals surface area contributed by atoms with Crippen molar-refractivity contribution in [3.8, 4) is 84.3 Å². The fourth-order valence-electron chi connectivity index (χ4n) is 12.0. The summed E-state index contributed by atoms with van der Waals surface area (Å²) in [6, 6.07) is 60.3. The van der Waals surface area contributed by atoms with E-state index in [4.69, 9.17) is 26.5 Å². The highest BCUT2D eigenvalue weighted by atomic mass is 28.3. The van der Waals surface area contributed by atoms with Crippen LogP contribution in [0, 0.1) is 0 Å². The molecule has 0 bridgehead atoms. The summed E-state index contributed by atoms with van der Waals surface area (Å²) >= 11 is 0. The number of furan rings is 1. The van der Waals surface area contributed by atoms with E-state index in [2.05, 4.69) is 39.5 Å². The topological polar surface area (TPSA) is 49.0 Å². The molecule has 0 N–H and O–H groups in total. The Balaban J connectivity index is 0.892. The van der Waals surface area contributed by atoms with Crippen LogP contribution < -0.4 is 19.7 Å². The van der Waals surface area contributed by atoms with Gasteiger partial charge in [0.2, 0.25) is 0 Å². The highest BCUT2D eigenvalue weighted by molar-refractivity contribution is 7.03. The summed E-state index contributed by atoms with van der Waals surface area (Å²) < 4.78 is 119. The number of nitrogens with zero attached hydrogens (tertiary/aromatic N) is 4. The van der Waals surface area contributed by atoms with Crippen LogP contribution in [0.5, 0.6) is 11.5 Å². The molecule has 0 unspecified atom stereocenters. The normalized spacial score (nSPS) is 15.5. The zero-order chi connectivity index (χ0) is 58.9. The van der Waals surface area contributed by atoms with Crippen molar-refractivity contribution >= 4 is 73.2 Å². The van der Waals surface area contributed by atoms with Crippen LogP contribution in [0.25, 0.3) is 128 Å². The summed E-state index contributed by atoms with van der Waals surface area (Å²) in [7, 11) is -4.55. The van der Waals surface area contributed by atoms with Gasteiger partial charge in [0.25, 0.3) is 6.33 Å². The number of hydrogen-bond acceptors (Lipinski definition) is 3. The molecule has 0 spiro atoms. The van der Waals surface area contributed by atoms with E-state index in [1.54, 1.807) is 36.5 Å². The van der Waals surface area contributed by atoms with Gasteiger partial charge in [0.15, 0.2) is 11.0 Å². The Morgan fingerprint density at radius 1 is 0.533 bits per heavy atom. The first kappa shape index (κ1) is 32.5. The Morgan fingerprint density at radius 3 is 2.05 bits per heavy atom. The lowest BCUT2D eigenvalue weighted by Gasteiger charge is -2.19. The lowest BCUT2D eigenvalue weighted by atomic mass is 9.88. The Kier molecular flexibility index (Phi) is 6.81. The first-order chi connectivity index (χ1) is 41.5. The van der Waals surface area contributed by atoms with Gasteiger partial charge < -0.3 is 9.15 Å². The molecule has 16 rings (SSSR count). The van der Waals surface area contributed by atoms with Crippen LogP contribution in [0.1, 0.15) is 15.1 Å². The molecule has 2 aliphatic rings. The maximum Gasteiger partial charge on any atom is 0.255 e. The van der Waals surface area contributed by atoms with Gasteiger partial charge in [-0.05, 0) is 110 Å². The van der Waals surface area contributed by atoms with Gasteiger partial charge >= 0.3 is 0 Å². The molecule has 6 heterocycles. The summed E-state index contributed by atoms with van der Waals surface area (Å²) in [5.41, 5.74) is 12.9. The number of hydrogen-bond donors (Lipinski definition) is 0. The SMILES string of the molecule is [2H]c1c([2H])c([2H])c(-c2cccc3c2-[n+]2cn(-c4cccc(Oc5ccc6c7c8oc9ccccc9c8ccc7n(-c7cc8c(cn7)-c7ccccc7[Si]8(C([2H])([2H])[2H])C([2H])([2H])[2H])c6c5)c4)c4cccc(c42)-c2ccccc2-c2ccccc2-3)c([2H])c1[2H]. The third-order valence-electron chi connectivity index (χ3n) is 15.2. The van der Waals surface area contributed by atoms with Gasteiger partial charge in [-0.2, -0.15) is 9.13 Å². The van der Waals surface area contributed by atoms with Crippen LogP contribution in [0.15, 0.2) is 241 Å². The average molecular weight is 989 g/mol. The predicted octanol–water partition coefficient (Wildman–Crippen LogP) is 15.9. The van der Waals surface area contributed by atoms with Gasteiger partial charge in [0, 0.05) is 59.4 Å². The van der Waals surface area contributed by atoms with Crippen molar-refractivity contribution in [1.82, 2.24) is 14.1 Å². The van der Waals surface area contributed by atoms with Crippen LogP contribution >= 0.6 is 0 Å². The minimum Gasteiger partial charge on any atom is -0.457 e. The molecular weight excluding hydrogens is 933 g/mol. The molecule has 0 saturated carbocycles. The number of pyridine rings is 1. The van der Waals surface area contributed by atoms with Crippen molar-refractivity contribution in [3.05, 3.63) is 237 Å². The molecule has 4 aromatic heterocycles. The van der Waals surface area contributed by atoms with Crippen LogP contribution in [-0.4, -0.2) is 22.2 Å². The predicted molar refractivity (Wildman–Crippen MR) is 308 cm³/mol. The van der Waals surface area contributed by atoms with E-state index in [1.165, 1.54) is 0 Å². The van der Waals surface area contributed by atoms with Crippen molar-refractivity contribution in [3.63, 3.8) is 0 Å². The fraction of sp³-hybridized carbons (Fsp3) is 0.0294. The van der Waals surface area contributed by atoms with Crippen molar-refractivity contribution < 1.29 is 28.8 Å². The van der Waals surface area contributed by atoms with Gasteiger partial charge in [-0.15, -0.1) is 0 Å². The number of imidazole rings is 1. The molecule has 352 valence electrons. The summed E-state index contributed by atoms with van der Waals surface area (Å²) in [4.78, 5) is 5.04. The molecule has 2 aliphatic heterocycles. The van der Waals surface area contributed by atoms with Crippen LogP contribution in [0.3, 0.4) is 0 Å². The second-order valence-electron chi connectivity index (χ2n) is 19.3. The van der Waals surface area contributed by atoms with E-state index in [0.29, 0.717) is 67.1 Å². The van der Waals surface area contributed by atoms with Crippen LogP contribution in [0.4, 0.5) is 0 Å². The fourth-order valence-corrected chi connectivity index (χ4v) is 14.2. The van der Waals surface area contributed by atoms with Crippen molar-refractivity contribution in [2.24, 2.45) is 0 Å². The lowest BCUT2D eigenvalue weighted by Crippen LogP contribution is -2.49. The van der Waals surface area contributed by atoms with Gasteiger partial charge in [0.1, 0.15) is 47.9 Å². The molecule has 0 amide bonds. The monoisotopic (exact) mass is 988 g/mol. The smallest absolute Gasteiger partial charge is 0.255 e. The van der Waals surface area contributed by atoms with E-state index < -0.39 is 39.2 Å². The summed E-state index contributed by atoms with van der Waals surface area (Å²) in [5, 5.41) is 4.06. The molecule has 10 aromatic carbocycles. The van der Waals surface area contributed by atoms with E-state index >= 15 is 0 Å². The van der Waals surface area contributed by atoms with Crippen molar-refractivity contribution in [2.45, 2.75) is 13.0 Å². The molecule has 75 heavy (non-hydrogen) atoms. The maximum atomic E-state index is 9.27. The second kappa shape index (κ2) is 15.7. The quantitative estimate of drug-likeness (QED) is 0.128. The number of benzene rings is 10. The Labute approximate surface area is 448 Å². The molecule has 14 aromatic rings. The molecule has 0 fully saturated rings. The van der Waals surface area contributed by atoms with Crippen molar-refractivity contribution in [1.29, 1.82) is 0 Å². The summed E-state index contributed by atoms with van der Waals surface area (Å²) in [6.45, 7) is -5.70. The number of para-hydroxylation sites is 3. The Hall–Kier alpha value is -9.56. The first-order valence-electron chi connectivity index (χ1n) is 30.3. The number of aromatic nitrogens is 4. The highest BCUT2D eigenvalue weighted by Gasteiger charge is 2.38. The average Bonchev–Trinajstić information content (AvgIpc) is 1.51. The van der Waals surface area contributed by atoms with Gasteiger partial charge in [-0.3, -0.25) is 4.57 Å². The Morgan fingerprint density at radius 2 is 1.21 bits per heavy atom. The molecule has 0 radical (unpaired) electrons. The summed E-state index contributed by atoms with van der Waals surface area (Å²) in [6.07, 6.45) is 3.61. The largest absolute Gasteiger partial charge is 0.457 e. The molecular formula is C68H45N4O2Si+. The molecule has 7 heteroatoms. The highest BCUT2D eigenvalue weighted by Crippen LogP contribution is 2.46. The van der Waals surface area contributed by atoms with E-state index in [1.807, 2.05) is 144 Å². The standard InChI is InChI=1S/C68H45N4O2Si/c1-75(2)62-32-13-11-26-52(62)57-40-69-64(39-63(57)75)72-58-36-35-55-51-25-10-12-31-61(51)74-68(55)65(58)56-34-33-45(38-60(56)72)73-44-20-14-19-43(37-44)70-41-71-66-46(42-17-4-3-5-18-42)27-15-28-53(66)49-23-8-6-21-47(49)48-22-7-9-24-50(48)54-29-16-30-59(70)67(54)71/h3-41H,1-2H3/q+1/i1D3,2D3,3D,4D,5D,17D,18D. The number of fused-ring (bicyclic) bond motifs is 17. The summed E-state index contributed by atoms with van der Waals surface area (Å²) in [5.74, 6) is 1.30. The van der Waals surface area contributed by atoms with Crippen molar-refractivity contribution in [2.75, 3.05) is 0 Å². The molecule has 0 saturated heterocycles. The Bertz CT molecular complexity index is 5250. The molecule has 0 atom stereocenters. The zero-order valence-corrected chi connectivity index (χ0v) is 40.7. The maximum absolute atomic E-state index is 9.27. The van der Waals surface area contributed by atoms with E-state index in [9.17, 15) is 2.74 Å². The van der Waals surface area contributed by atoms with Crippen LogP contribution in [0.2, 0.25) is 13.0 Å². The lowest BCUT2D eigenvalue weighted by molar-refractivity contribution is -0.566. The molecule has 6 nitrogen and oxygen atoms in total. The van der Waals surface area contributed by atoms with E-state index in [-0.39, 0.29) is 22.8 Å². The third kappa shape index (κ3) is 6.07. The van der Waals surface area contributed by atoms with Gasteiger partial charge in [-0.1, -0.05) is 164 Å². The second-order valence-corrected chi connectivity index (χ2v) is 21.8. The number of rotatable bonds is 5. The van der Waals surface area contributed by atoms with Crippen LogP contribution in [-0.2, 0) is 0 Å². The van der Waals surface area contributed by atoms with Gasteiger partial charge in [-0.25, -0.2) is 4.98 Å². The first-order valence-corrected chi connectivity index (χ1v) is 26.8. The number of ether oxygens (including phenoxy) is 1.